The number of nitrogens with one attached hydrogen (secondary N) is 1. The molecule has 4 aromatic rings. The van der Waals surface area contributed by atoms with Crippen LogP contribution in [0.2, 0.25) is 5.02 Å². The fraction of sp³-hybridized carbons (Fsp3) is 0.100. The van der Waals surface area contributed by atoms with Gasteiger partial charge in [-0.05, 0) is 42.7 Å². The van der Waals surface area contributed by atoms with Crippen molar-refractivity contribution in [2.45, 2.75) is 13.8 Å². The van der Waals surface area contributed by atoms with Gasteiger partial charge in [0, 0.05) is 10.9 Å². The zero-order chi connectivity index (χ0) is 17.4. The van der Waals surface area contributed by atoms with E-state index in [1.54, 1.807) is 17.7 Å². The Morgan fingerprint density at radius 2 is 1.84 bits per heavy atom. The van der Waals surface area contributed by atoms with Crippen LogP contribution in [0, 0.1) is 13.8 Å². The van der Waals surface area contributed by atoms with Crippen molar-refractivity contribution in [1.29, 1.82) is 0 Å². The number of fused-ring (bicyclic) bond motifs is 1. The molecule has 0 fully saturated rings. The van der Waals surface area contributed by atoms with Gasteiger partial charge in [-0.25, -0.2) is 9.97 Å². The Bertz CT molecular complexity index is 1070. The highest BCUT2D eigenvalue weighted by atomic mass is 35.5. The van der Waals surface area contributed by atoms with Crippen molar-refractivity contribution in [3.63, 3.8) is 0 Å². The molecule has 0 saturated heterocycles. The maximum atomic E-state index is 6.29. The van der Waals surface area contributed by atoms with Gasteiger partial charge >= 0.3 is 0 Å². The van der Waals surface area contributed by atoms with Crippen LogP contribution in [-0.2, 0) is 0 Å². The molecular weight excluding hydrogens is 350 g/mol. The summed E-state index contributed by atoms with van der Waals surface area (Å²) < 4.78 is 0. The topological polar surface area (TPSA) is 37.8 Å². The van der Waals surface area contributed by atoms with E-state index in [1.165, 1.54) is 16.7 Å². The third-order valence-corrected chi connectivity index (χ3v) is 5.53. The van der Waals surface area contributed by atoms with E-state index >= 15 is 0 Å². The maximum Gasteiger partial charge on any atom is 0.143 e. The fourth-order valence-corrected chi connectivity index (χ4v) is 3.88. The Balaban J connectivity index is 1.87. The summed E-state index contributed by atoms with van der Waals surface area (Å²) in [5, 5.41) is 7.19. The Labute approximate surface area is 155 Å². The number of benzene rings is 2. The van der Waals surface area contributed by atoms with E-state index in [9.17, 15) is 0 Å². The summed E-state index contributed by atoms with van der Waals surface area (Å²) in [6.07, 6.45) is 1.59. The van der Waals surface area contributed by atoms with Crippen molar-refractivity contribution in [1.82, 2.24) is 9.97 Å². The Kier molecular flexibility index (Phi) is 4.15. The van der Waals surface area contributed by atoms with Crippen LogP contribution >= 0.6 is 22.9 Å². The lowest BCUT2D eigenvalue weighted by atomic mass is 10.0. The van der Waals surface area contributed by atoms with Gasteiger partial charge in [0.2, 0.25) is 0 Å². The molecule has 5 heteroatoms. The van der Waals surface area contributed by atoms with Gasteiger partial charge in [0.25, 0.3) is 0 Å². The van der Waals surface area contributed by atoms with E-state index in [0.29, 0.717) is 5.02 Å². The molecule has 0 saturated carbocycles. The highest BCUT2D eigenvalue weighted by Crippen LogP contribution is 2.38. The minimum absolute atomic E-state index is 0.664. The van der Waals surface area contributed by atoms with Crippen LogP contribution in [0.1, 0.15) is 11.1 Å². The molecule has 0 spiro atoms. The lowest BCUT2D eigenvalue weighted by Gasteiger charge is -2.10. The summed E-state index contributed by atoms with van der Waals surface area (Å²) in [4.78, 5) is 9.85. The van der Waals surface area contributed by atoms with Crippen LogP contribution in [-0.4, -0.2) is 9.97 Å². The number of hydrogen-bond acceptors (Lipinski definition) is 4. The molecule has 1 N–H and O–H groups in total. The molecule has 0 aliphatic carbocycles. The predicted octanol–water partition coefficient (Wildman–Crippen LogP) is 6.37. The van der Waals surface area contributed by atoms with Crippen LogP contribution in [0.15, 0.2) is 54.2 Å². The molecule has 124 valence electrons. The highest BCUT2D eigenvalue weighted by molar-refractivity contribution is 7.17. The van der Waals surface area contributed by atoms with E-state index < -0.39 is 0 Å². The molecule has 0 unspecified atom stereocenters. The van der Waals surface area contributed by atoms with Crippen molar-refractivity contribution < 1.29 is 0 Å². The van der Waals surface area contributed by atoms with Crippen molar-refractivity contribution in [2.75, 3.05) is 5.32 Å². The zero-order valence-electron chi connectivity index (χ0n) is 13.9. The van der Waals surface area contributed by atoms with Crippen molar-refractivity contribution >= 4 is 44.7 Å². The minimum Gasteiger partial charge on any atom is -0.338 e. The van der Waals surface area contributed by atoms with Crippen LogP contribution < -0.4 is 5.32 Å². The van der Waals surface area contributed by atoms with Crippen LogP contribution in [0.25, 0.3) is 21.3 Å². The monoisotopic (exact) mass is 365 g/mol. The maximum absolute atomic E-state index is 6.29. The molecule has 2 aromatic heterocycles. The first-order valence-electron chi connectivity index (χ1n) is 7.95. The molecule has 2 aromatic carbocycles. The lowest BCUT2D eigenvalue weighted by molar-refractivity contribution is 1.23. The van der Waals surface area contributed by atoms with E-state index in [-0.39, 0.29) is 0 Å². The van der Waals surface area contributed by atoms with Gasteiger partial charge in [0.15, 0.2) is 0 Å². The SMILES string of the molecule is Cc1ccc(-c2csc3ncnc(Nc4ccccc4Cl)c23)cc1C. The molecule has 0 aliphatic rings. The highest BCUT2D eigenvalue weighted by Gasteiger charge is 2.14. The van der Waals surface area contributed by atoms with Crippen molar-refractivity contribution in [2.24, 2.45) is 0 Å². The van der Waals surface area contributed by atoms with Crippen molar-refractivity contribution in [3.05, 3.63) is 70.3 Å². The molecule has 0 atom stereocenters. The number of halogens is 1. The average molecular weight is 366 g/mol. The molecule has 2 heterocycles. The minimum atomic E-state index is 0.664. The normalized spacial score (nSPS) is 11.0. The summed E-state index contributed by atoms with van der Waals surface area (Å²) >= 11 is 7.91. The second-order valence-electron chi connectivity index (χ2n) is 5.96. The van der Waals surface area contributed by atoms with E-state index in [2.05, 4.69) is 52.7 Å². The first kappa shape index (κ1) is 16.1. The first-order chi connectivity index (χ1) is 12.1. The standard InChI is InChI=1S/C20H16ClN3S/c1-12-7-8-14(9-13(12)2)15-10-25-20-18(15)19(22-11-23-20)24-17-6-4-3-5-16(17)21/h3-11H,1-2H3,(H,22,23,24). The number of hydrogen-bond donors (Lipinski definition) is 1. The largest absolute Gasteiger partial charge is 0.338 e. The number of rotatable bonds is 3. The second kappa shape index (κ2) is 6.47. The van der Waals surface area contributed by atoms with Gasteiger partial charge in [0.05, 0.1) is 16.1 Å². The second-order valence-corrected chi connectivity index (χ2v) is 7.22. The zero-order valence-corrected chi connectivity index (χ0v) is 15.4. The van der Waals surface area contributed by atoms with Gasteiger partial charge in [-0.15, -0.1) is 11.3 Å². The summed E-state index contributed by atoms with van der Waals surface area (Å²) in [5.41, 5.74) is 5.70. The van der Waals surface area contributed by atoms with E-state index in [1.807, 2.05) is 24.3 Å². The predicted molar refractivity (Wildman–Crippen MR) is 107 cm³/mol. The summed E-state index contributed by atoms with van der Waals surface area (Å²) in [5.74, 6) is 0.771. The molecule has 4 rings (SSSR count). The van der Waals surface area contributed by atoms with E-state index in [0.717, 1.165) is 27.3 Å². The van der Waals surface area contributed by atoms with Gasteiger partial charge in [-0.2, -0.15) is 0 Å². The average Bonchev–Trinajstić information content (AvgIpc) is 3.04. The smallest absolute Gasteiger partial charge is 0.143 e. The third kappa shape index (κ3) is 2.99. The fourth-order valence-electron chi connectivity index (χ4n) is 2.78. The van der Waals surface area contributed by atoms with Crippen LogP contribution in [0.3, 0.4) is 0 Å². The molecule has 0 bridgehead atoms. The number of para-hydroxylation sites is 1. The molecule has 25 heavy (non-hydrogen) atoms. The number of aromatic nitrogens is 2. The Morgan fingerprint density at radius 1 is 1.00 bits per heavy atom. The summed E-state index contributed by atoms with van der Waals surface area (Å²) in [7, 11) is 0. The van der Waals surface area contributed by atoms with Gasteiger partial charge < -0.3 is 5.32 Å². The molecule has 3 nitrogen and oxygen atoms in total. The molecule has 0 aliphatic heterocycles. The molecular formula is C20H16ClN3S. The van der Waals surface area contributed by atoms with Crippen molar-refractivity contribution in [3.8, 4) is 11.1 Å². The first-order valence-corrected chi connectivity index (χ1v) is 9.20. The lowest BCUT2D eigenvalue weighted by Crippen LogP contribution is -1.96. The Morgan fingerprint density at radius 3 is 2.64 bits per heavy atom. The summed E-state index contributed by atoms with van der Waals surface area (Å²) in [6, 6.07) is 14.2. The van der Waals surface area contributed by atoms with Crippen LogP contribution in [0.4, 0.5) is 11.5 Å². The number of thiophene rings is 1. The molecule has 0 radical (unpaired) electrons. The number of aryl methyl sites for hydroxylation is 2. The summed E-state index contributed by atoms with van der Waals surface area (Å²) in [6.45, 7) is 4.26. The van der Waals surface area contributed by atoms with Gasteiger partial charge in [0.1, 0.15) is 17.0 Å². The Hall–Kier alpha value is -2.43. The number of nitrogens with zero attached hydrogens (tertiary/aromatic N) is 2. The van der Waals surface area contributed by atoms with Crippen LogP contribution in [0.5, 0.6) is 0 Å². The molecule has 0 amide bonds. The quantitative estimate of drug-likeness (QED) is 0.458. The van der Waals surface area contributed by atoms with Gasteiger partial charge in [-0.3, -0.25) is 0 Å². The third-order valence-electron chi connectivity index (χ3n) is 4.32. The number of anilines is 2. The van der Waals surface area contributed by atoms with Gasteiger partial charge in [-0.1, -0.05) is 41.9 Å². The van der Waals surface area contributed by atoms with E-state index in [4.69, 9.17) is 11.6 Å².